The number of hydrogen-bond donors (Lipinski definition) is 2. The SMILES string of the molecule is C=C1C[C@@H]2[C@]3(C)[C@H]([C@H](O)[C@H](OC(C)=O)[C@@]2(C)[C@@H]2C(=O)O[C@@](C)(C(=O)OC)C(=O)[C@]12C)C(C)(C)C(=O)C[C@@H]3O. The van der Waals surface area contributed by atoms with Crippen LogP contribution in [0.1, 0.15) is 61.3 Å². The van der Waals surface area contributed by atoms with Crippen molar-refractivity contribution in [3.8, 4) is 0 Å². The number of cyclic esters (lactones) is 1. The van der Waals surface area contributed by atoms with E-state index in [0.717, 1.165) is 7.11 Å². The van der Waals surface area contributed by atoms with Gasteiger partial charge in [-0.05, 0) is 26.2 Å². The van der Waals surface area contributed by atoms with Crippen molar-refractivity contribution in [2.45, 2.75) is 85.2 Å². The summed E-state index contributed by atoms with van der Waals surface area (Å²) in [6.45, 7) is 14.9. The van der Waals surface area contributed by atoms with Gasteiger partial charge in [0.1, 0.15) is 11.9 Å². The summed E-state index contributed by atoms with van der Waals surface area (Å²) in [4.78, 5) is 66.1. The summed E-state index contributed by atoms with van der Waals surface area (Å²) in [5.74, 6) is -6.46. The molecule has 0 spiro atoms. The van der Waals surface area contributed by atoms with Crippen LogP contribution < -0.4 is 0 Å². The van der Waals surface area contributed by atoms with Crippen molar-refractivity contribution in [2.24, 2.45) is 39.4 Å². The third kappa shape index (κ3) is 3.10. The summed E-state index contributed by atoms with van der Waals surface area (Å²) in [5.41, 5.74) is -7.20. The predicted molar refractivity (Wildman–Crippen MR) is 131 cm³/mol. The lowest BCUT2D eigenvalue weighted by molar-refractivity contribution is -0.293. The fraction of sp³-hybridized carbons (Fsp3) is 0.750. The zero-order chi connectivity index (χ0) is 29.0. The van der Waals surface area contributed by atoms with Crippen molar-refractivity contribution in [1.29, 1.82) is 0 Å². The Morgan fingerprint density at radius 3 is 2.11 bits per heavy atom. The number of hydrogen-bond acceptors (Lipinski definition) is 10. The summed E-state index contributed by atoms with van der Waals surface area (Å²) < 4.78 is 16.1. The second kappa shape index (κ2) is 8.21. The highest BCUT2D eigenvalue weighted by Gasteiger charge is 2.79. The highest BCUT2D eigenvalue weighted by molar-refractivity contribution is 6.15. The maximum atomic E-state index is 14.1. The zero-order valence-corrected chi connectivity index (χ0v) is 23.2. The number of ether oxygens (including phenoxy) is 3. The lowest BCUT2D eigenvalue weighted by atomic mass is 9.33. The number of carbonyl (C=O) groups excluding carboxylic acids is 5. The summed E-state index contributed by atoms with van der Waals surface area (Å²) in [6, 6.07) is 0. The Kier molecular flexibility index (Phi) is 6.14. The number of ketones is 2. The number of fused-ring (bicyclic) bond motifs is 5. The van der Waals surface area contributed by atoms with E-state index < -0.39 is 87.0 Å². The van der Waals surface area contributed by atoms with Gasteiger partial charge in [-0.1, -0.05) is 39.8 Å². The molecule has 3 aliphatic carbocycles. The average molecular weight is 535 g/mol. The lowest BCUT2D eigenvalue weighted by Gasteiger charge is -2.71. The van der Waals surface area contributed by atoms with Crippen LogP contribution in [0.25, 0.3) is 0 Å². The molecule has 38 heavy (non-hydrogen) atoms. The third-order valence-corrected chi connectivity index (χ3v) is 10.7. The van der Waals surface area contributed by atoms with E-state index in [0.29, 0.717) is 5.57 Å². The van der Waals surface area contributed by atoms with Gasteiger partial charge in [0.05, 0.1) is 30.7 Å². The van der Waals surface area contributed by atoms with Crippen LogP contribution >= 0.6 is 0 Å². The van der Waals surface area contributed by atoms with Gasteiger partial charge in [0, 0.05) is 35.5 Å². The van der Waals surface area contributed by atoms with E-state index in [9.17, 15) is 34.2 Å². The number of rotatable bonds is 2. The summed E-state index contributed by atoms with van der Waals surface area (Å²) in [7, 11) is 1.08. The van der Waals surface area contributed by atoms with Crippen LogP contribution in [-0.4, -0.2) is 70.7 Å². The third-order valence-electron chi connectivity index (χ3n) is 10.7. The maximum absolute atomic E-state index is 14.1. The molecule has 10 heteroatoms. The first-order chi connectivity index (χ1) is 17.3. The van der Waals surface area contributed by atoms with Crippen molar-refractivity contribution < 1.29 is 48.4 Å². The predicted octanol–water partition coefficient (Wildman–Crippen LogP) is 1.54. The first kappa shape index (κ1) is 28.4. The molecule has 1 aliphatic heterocycles. The number of aliphatic hydroxyl groups is 2. The topological polar surface area (TPSA) is 154 Å². The fourth-order valence-corrected chi connectivity index (χ4v) is 8.85. The summed E-state index contributed by atoms with van der Waals surface area (Å²) >= 11 is 0. The van der Waals surface area contributed by atoms with Crippen LogP contribution in [-0.2, 0) is 38.2 Å². The molecule has 1 saturated heterocycles. The largest absolute Gasteiger partial charge is 0.466 e. The summed E-state index contributed by atoms with van der Waals surface area (Å²) in [6.07, 6.45) is -4.03. The summed E-state index contributed by atoms with van der Waals surface area (Å²) in [5, 5.41) is 23.3. The second-order valence-electron chi connectivity index (χ2n) is 12.9. The van der Waals surface area contributed by atoms with Gasteiger partial charge < -0.3 is 24.4 Å². The van der Waals surface area contributed by atoms with E-state index in [1.54, 1.807) is 27.7 Å². The van der Waals surface area contributed by atoms with Crippen molar-refractivity contribution >= 4 is 29.5 Å². The Hall–Kier alpha value is -2.59. The van der Waals surface area contributed by atoms with Crippen LogP contribution in [0, 0.1) is 39.4 Å². The van der Waals surface area contributed by atoms with Gasteiger partial charge in [0.15, 0.2) is 5.78 Å². The molecule has 10 nitrogen and oxygen atoms in total. The van der Waals surface area contributed by atoms with E-state index in [1.165, 1.54) is 20.8 Å². The molecule has 4 aliphatic rings. The fourth-order valence-electron chi connectivity index (χ4n) is 8.85. The van der Waals surface area contributed by atoms with Crippen molar-refractivity contribution in [3.05, 3.63) is 12.2 Å². The molecule has 210 valence electrons. The lowest BCUT2D eigenvalue weighted by Crippen LogP contribution is -2.78. The molecular formula is C28H38O10. The quantitative estimate of drug-likeness (QED) is 0.231. The molecular weight excluding hydrogens is 496 g/mol. The Balaban J connectivity index is 2.01. The Morgan fingerprint density at radius 1 is 1.00 bits per heavy atom. The Morgan fingerprint density at radius 2 is 1.58 bits per heavy atom. The number of allylic oxidation sites excluding steroid dienone is 1. The number of carbonyl (C=O) groups is 5. The molecule has 2 N–H and O–H groups in total. The van der Waals surface area contributed by atoms with Crippen LogP contribution in [0.3, 0.4) is 0 Å². The highest BCUT2D eigenvalue weighted by Crippen LogP contribution is 2.72. The minimum Gasteiger partial charge on any atom is -0.466 e. The first-order valence-corrected chi connectivity index (χ1v) is 12.9. The minimum absolute atomic E-state index is 0.110. The van der Waals surface area contributed by atoms with E-state index in [1.807, 2.05) is 0 Å². The van der Waals surface area contributed by atoms with Crippen LogP contribution in [0.5, 0.6) is 0 Å². The molecule has 0 bridgehead atoms. The molecule has 10 atom stereocenters. The van der Waals surface area contributed by atoms with Gasteiger partial charge in [0.25, 0.3) is 5.60 Å². The molecule has 4 rings (SSSR count). The van der Waals surface area contributed by atoms with Gasteiger partial charge in [-0.3, -0.25) is 19.2 Å². The number of Topliss-reactive ketones (excluding diaryl/α,β-unsaturated/α-hetero) is 2. The van der Waals surface area contributed by atoms with Crippen molar-refractivity contribution in [3.63, 3.8) is 0 Å². The normalized spacial score (nSPS) is 47.7. The zero-order valence-electron chi connectivity index (χ0n) is 23.2. The average Bonchev–Trinajstić information content (AvgIpc) is 2.80. The van der Waals surface area contributed by atoms with E-state index in [-0.39, 0.29) is 18.6 Å². The smallest absolute Gasteiger partial charge is 0.358 e. The van der Waals surface area contributed by atoms with Crippen LogP contribution in [0.15, 0.2) is 12.2 Å². The molecule has 0 aromatic rings. The van der Waals surface area contributed by atoms with E-state index in [4.69, 9.17) is 14.2 Å². The second-order valence-corrected chi connectivity index (χ2v) is 12.9. The molecule has 0 amide bonds. The van der Waals surface area contributed by atoms with Gasteiger partial charge in [-0.15, -0.1) is 0 Å². The molecule has 0 aromatic carbocycles. The maximum Gasteiger partial charge on any atom is 0.358 e. The van der Waals surface area contributed by atoms with Gasteiger partial charge in [-0.25, -0.2) is 4.79 Å². The number of methoxy groups -OCH3 is 1. The Labute approximate surface area is 222 Å². The standard InChI is InChI=1S/C28H38O10/c1-12-10-14-26(6)16(31)11-15(30)24(3,4)18(26)17(32)20(37-13(2)29)27(14,7)19-21(33)38-28(8,23(35)36-9)22(34)25(12,19)5/h14,16-20,31-32H,1,10-11H2,2-9H3/t14-,16+,17+,18-,19-,20+,25-,26+,27-,28-/m1/s1. The first-order valence-electron chi connectivity index (χ1n) is 12.9. The van der Waals surface area contributed by atoms with Crippen molar-refractivity contribution in [1.82, 2.24) is 0 Å². The Bertz CT molecular complexity index is 1160. The van der Waals surface area contributed by atoms with Gasteiger partial charge in [-0.2, -0.15) is 0 Å². The number of esters is 3. The van der Waals surface area contributed by atoms with Crippen molar-refractivity contribution in [2.75, 3.05) is 7.11 Å². The highest BCUT2D eigenvalue weighted by atomic mass is 16.6. The molecule has 3 saturated carbocycles. The molecule has 0 unspecified atom stereocenters. The number of aliphatic hydroxyl groups excluding tert-OH is 2. The molecule has 0 radical (unpaired) electrons. The minimum atomic E-state index is -2.22. The molecule has 4 fully saturated rings. The molecule has 1 heterocycles. The monoisotopic (exact) mass is 534 g/mol. The molecule has 0 aromatic heterocycles. The van der Waals surface area contributed by atoms with Crippen LogP contribution in [0.4, 0.5) is 0 Å². The van der Waals surface area contributed by atoms with E-state index >= 15 is 0 Å². The van der Waals surface area contributed by atoms with E-state index in [2.05, 4.69) is 6.58 Å². The van der Waals surface area contributed by atoms with Crippen LogP contribution in [0.2, 0.25) is 0 Å². The van der Waals surface area contributed by atoms with Gasteiger partial charge >= 0.3 is 17.9 Å². The van der Waals surface area contributed by atoms with Gasteiger partial charge in [0.2, 0.25) is 0 Å².